The summed E-state index contributed by atoms with van der Waals surface area (Å²) in [6.45, 7) is 0.933. The second-order valence-corrected chi connectivity index (χ2v) is 8.84. The highest BCUT2D eigenvalue weighted by Crippen LogP contribution is 2.24. The van der Waals surface area contributed by atoms with Gasteiger partial charge in [0.25, 0.3) is 5.91 Å². The molecule has 0 heterocycles. The number of nitrogens with one attached hydrogen (secondary N) is 1. The van der Waals surface area contributed by atoms with Gasteiger partial charge in [-0.05, 0) is 41.8 Å². The fourth-order valence-electron chi connectivity index (χ4n) is 3.81. The van der Waals surface area contributed by atoms with Crippen LogP contribution in [0.1, 0.15) is 17.5 Å². The summed E-state index contributed by atoms with van der Waals surface area (Å²) in [6, 6.07) is 23.3. The lowest BCUT2D eigenvalue weighted by atomic mass is 10.0. The zero-order chi connectivity index (χ0) is 26.5. The first-order valence-electron chi connectivity index (χ1n) is 12.1. The molecule has 7 nitrogen and oxygen atoms in total. The molecule has 0 unspecified atom stereocenters. The molecule has 2 amide bonds. The molecule has 3 rings (SSSR count). The van der Waals surface area contributed by atoms with Gasteiger partial charge in [0.15, 0.2) is 6.61 Å². The van der Waals surface area contributed by atoms with E-state index in [2.05, 4.69) is 5.32 Å². The van der Waals surface area contributed by atoms with Gasteiger partial charge < -0.3 is 24.4 Å². The van der Waals surface area contributed by atoms with Crippen molar-refractivity contribution < 1.29 is 23.8 Å². The molecule has 1 atom stereocenters. The molecular formula is C29H33ClN2O5. The van der Waals surface area contributed by atoms with E-state index in [4.69, 9.17) is 25.8 Å². The largest absolute Gasteiger partial charge is 0.497 e. The summed E-state index contributed by atoms with van der Waals surface area (Å²) >= 11 is 6.21. The highest BCUT2D eigenvalue weighted by Gasteiger charge is 2.30. The van der Waals surface area contributed by atoms with Crippen LogP contribution in [0.15, 0.2) is 78.9 Å². The quantitative estimate of drug-likeness (QED) is 0.314. The molecule has 196 valence electrons. The number of halogens is 1. The minimum Gasteiger partial charge on any atom is -0.497 e. The van der Waals surface area contributed by atoms with Gasteiger partial charge in [0.2, 0.25) is 5.91 Å². The average molecular weight is 525 g/mol. The summed E-state index contributed by atoms with van der Waals surface area (Å²) in [6.07, 6.45) is 1.02. The Balaban J connectivity index is 1.87. The zero-order valence-corrected chi connectivity index (χ0v) is 21.9. The third-order valence-corrected chi connectivity index (χ3v) is 6.11. The van der Waals surface area contributed by atoms with Crippen molar-refractivity contribution in [3.63, 3.8) is 0 Å². The predicted octanol–water partition coefficient (Wildman–Crippen LogP) is 4.52. The molecule has 3 aromatic carbocycles. The molecular weight excluding hydrogens is 492 g/mol. The molecule has 0 radical (unpaired) electrons. The van der Waals surface area contributed by atoms with Crippen LogP contribution < -0.4 is 14.8 Å². The van der Waals surface area contributed by atoms with E-state index in [-0.39, 0.29) is 25.0 Å². The maximum Gasteiger partial charge on any atom is 0.261 e. The van der Waals surface area contributed by atoms with Crippen LogP contribution in [0.5, 0.6) is 11.5 Å². The number of hydrogen-bond donors (Lipinski definition) is 1. The number of amides is 2. The number of carbonyl (C=O) groups is 2. The summed E-state index contributed by atoms with van der Waals surface area (Å²) in [4.78, 5) is 28.6. The summed E-state index contributed by atoms with van der Waals surface area (Å²) in [5.41, 5.74) is 1.80. The highest BCUT2D eigenvalue weighted by molar-refractivity contribution is 6.32. The first-order chi connectivity index (χ1) is 18.0. The maximum atomic E-state index is 13.6. The van der Waals surface area contributed by atoms with Crippen LogP contribution >= 0.6 is 11.6 Å². The number of para-hydroxylation sites is 1. The van der Waals surface area contributed by atoms with E-state index in [1.807, 2.05) is 54.6 Å². The van der Waals surface area contributed by atoms with Gasteiger partial charge in [-0.1, -0.05) is 66.2 Å². The summed E-state index contributed by atoms with van der Waals surface area (Å²) in [5.74, 6) is 0.550. The molecule has 8 heteroatoms. The smallest absolute Gasteiger partial charge is 0.261 e. The SMILES string of the molecule is COCCCNC(=O)[C@H](Cc1ccccc1)N(Cc1ccc(OC)cc1)C(=O)COc1ccccc1Cl. The van der Waals surface area contributed by atoms with Gasteiger partial charge in [-0.3, -0.25) is 9.59 Å². The maximum absolute atomic E-state index is 13.6. The monoisotopic (exact) mass is 524 g/mol. The molecule has 0 aliphatic heterocycles. The van der Waals surface area contributed by atoms with Gasteiger partial charge in [-0.15, -0.1) is 0 Å². The fraction of sp³-hybridized carbons (Fsp3) is 0.310. The molecule has 0 aliphatic carbocycles. The van der Waals surface area contributed by atoms with Gasteiger partial charge in [-0.25, -0.2) is 0 Å². The van der Waals surface area contributed by atoms with Crippen LogP contribution in [-0.4, -0.2) is 56.7 Å². The Bertz CT molecular complexity index is 1120. The number of methoxy groups -OCH3 is 2. The predicted molar refractivity (Wildman–Crippen MR) is 144 cm³/mol. The average Bonchev–Trinajstić information content (AvgIpc) is 2.93. The number of benzene rings is 3. The number of carbonyl (C=O) groups excluding carboxylic acids is 2. The minimum absolute atomic E-state index is 0.220. The number of rotatable bonds is 14. The Morgan fingerprint density at radius 1 is 0.919 bits per heavy atom. The van der Waals surface area contributed by atoms with Gasteiger partial charge >= 0.3 is 0 Å². The molecule has 37 heavy (non-hydrogen) atoms. The molecule has 0 saturated heterocycles. The number of ether oxygens (including phenoxy) is 3. The van der Waals surface area contributed by atoms with Crippen LogP contribution in [0, 0.1) is 0 Å². The van der Waals surface area contributed by atoms with Gasteiger partial charge in [0.1, 0.15) is 17.5 Å². The lowest BCUT2D eigenvalue weighted by molar-refractivity contribution is -0.142. The standard InChI is InChI=1S/C29H33ClN2O5/c1-35-18-8-17-31-29(34)26(19-22-9-4-3-5-10-22)32(20-23-13-15-24(36-2)16-14-23)28(33)21-37-27-12-7-6-11-25(27)30/h3-7,9-16,26H,8,17-21H2,1-2H3,(H,31,34)/t26-/m0/s1. The Hall–Kier alpha value is -3.55. The summed E-state index contributed by atoms with van der Waals surface area (Å²) < 4.78 is 16.1. The van der Waals surface area contributed by atoms with Crippen molar-refractivity contribution in [1.29, 1.82) is 0 Å². The number of hydrogen-bond acceptors (Lipinski definition) is 5. The van der Waals surface area contributed by atoms with E-state index in [0.29, 0.717) is 42.5 Å². The van der Waals surface area contributed by atoms with Gasteiger partial charge in [0, 0.05) is 33.2 Å². The fourth-order valence-corrected chi connectivity index (χ4v) is 4.00. The van der Waals surface area contributed by atoms with E-state index < -0.39 is 6.04 Å². The van der Waals surface area contributed by atoms with Crippen LogP contribution in [0.4, 0.5) is 0 Å². The van der Waals surface area contributed by atoms with Gasteiger partial charge in [-0.2, -0.15) is 0 Å². The molecule has 0 fully saturated rings. The first-order valence-corrected chi connectivity index (χ1v) is 12.5. The van der Waals surface area contributed by atoms with E-state index in [1.165, 1.54) is 0 Å². The minimum atomic E-state index is -0.755. The van der Waals surface area contributed by atoms with Crippen LogP contribution in [0.2, 0.25) is 5.02 Å². The number of nitrogens with zero attached hydrogens (tertiary/aromatic N) is 1. The lowest BCUT2D eigenvalue weighted by Gasteiger charge is -2.31. The van der Waals surface area contributed by atoms with Crippen molar-refractivity contribution in [2.24, 2.45) is 0 Å². The molecule has 0 spiro atoms. The normalized spacial score (nSPS) is 11.4. The molecule has 0 aliphatic rings. The third-order valence-electron chi connectivity index (χ3n) is 5.80. The first kappa shape index (κ1) is 28.0. The molecule has 0 aromatic heterocycles. The highest BCUT2D eigenvalue weighted by atomic mass is 35.5. The van der Waals surface area contributed by atoms with Crippen molar-refractivity contribution in [2.45, 2.75) is 25.4 Å². The van der Waals surface area contributed by atoms with Gasteiger partial charge in [0.05, 0.1) is 12.1 Å². The summed E-state index contributed by atoms with van der Waals surface area (Å²) in [7, 11) is 3.22. The van der Waals surface area contributed by atoms with Crippen LogP contribution in [0.25, 0.3) is 0 Å². The van der Waals surface area contributed by atoms with E-state index >= 15 is 0 Å². The zero-order valence-electron chi connectivity index (χ0n) is 21.2. The second kappa shape index (κ2) is 14.9. The Kier molecular flexibility index (Phi) is 11.3. The molecule has 0 bridgehead atoms. The molecule has 0 saturated carbocycles. The van der Waals surface area contributed by atoms with E-state index in [9.17, 15) is 9.59 Å². The van der Waals surface area contributed by atoms with E-state index in [1.54, 1.807) is 43.4 Å². The van der Waals surface area contributed by atoms with Crippen molar-refractivity contribution in [3.8, 4) is 11.5 Å². The Morgan fingerprint density at radius 3 is 2.30 bits per heavy atom. The molecule has 1 N–H and O–H groups in total. The van der Waals surface area contributed by atoms with Crippen molar-refractivity contribution in [2.75, 3.05) is 34.0 Å². The lowest BCUT2D eigenvalue weighted by Crippen LogP contribution is -2.51. The summed E-state index contributed by atoms with van der Waals surface area (Å²) in [5, 5.41) is 3.38. The Morgan fingerprint density at radius 2 is 1.62 bits per heavy atom. The van der Waals surface area contributed by atoms with Crippen LogP contribution in [-0.2, 0) is 27.3 Å². The van der Waals surface area contributed by atoms with E-state index in [0.717, 1.165) is 11.1 Å². The molecule has 3 aromatic rings. The van der Waals surface area contributed by atoms with Crippen molar-refractivity contribution in [3.05, 3.63) is 95.0 Å². The third kappa shape index (κ3) is 8.81. The Labute approximate surface area is 223 Å². The van der Waals surface area contributed by atoms with Crippen molar-refractivity contribution >= 4 is 23.4 Å². The second-order valence-electron chi connectivity index (χ2n) is 8.43. The van der Waals surface area contributed by atoms with Crippen molar-refractivity contribution in [1.82, 2.24) is 10.2 Å². The van der Waals surface area contributed by atoms with Crippen LogP contribution in [0.3, 0.4) is 0 Å². The topological polar surface area (TPSA) is 77.1 Å².